The van der Waals surface area contributed by atoms with Crippen LogP contribution in [0.15, 0.2) is 30.3 Å². The highest BCUT2D eigenvalue weighted by atomic mass is 16.3. The number of aliphatic hydroxyl groups is 1. The Morgan fingerprint density at radius 1 is 1.42 bits per heavy atom. The van der Waals surface area contributed by atoms with Crippen molar-refractivity contribution >= 4 is 5.91 Å². The number of nitrogens with one attached hydrogen (secondary N) is 1. The van der Waals surface area contributed by atoms with Crippen molar-refractivity contribution in [2.75, 3.05) is 6.61 Å². The average molecular weight is 264 g/mol. The molecule has 19 heavy (non-hydrogen) atoms. The van der Waals surface area contributed by atoms with Crippen LogP contribution in [0.2, 0.25) is 0 Å². The largest absolute Gasteiger partial charge is 0.394 e. The number of amides is 1. The van der Waals surface area contributed by atoms with E-state index in [-0.39, 0.29) is 18.6 Å². The Balaban J connectivity index is 2.59. The Kier molecular flexibility index (Phi) is 5.99. The molecule has 2 unspecified atom stereocenters. The summed E-state index contributed by atoms with van der Waals surface area (Å²) in [5, 5.41) is 12.5. The second-order valence-corrected chi connectivity index (χ2v) is 5.27. The number of hydrogen-bond donors (Lipinski definition) is 3. The van der Waals surface area contributed by atoms with Crippen LogP contribution >= 0.6 is 0 Å². The van der Waals surface area contributed by atoms with Gasteiger partial charge in [-0.2, -0.15) is 0 Å². The lowest BCUT2D eigenvalue weighted by atomic mass is 9.92. The monoisotopic (exact) mass is 264 g/mol. The molecule has 0 aromatic heterocycles. The summed E-state index contributed by atoms with van der Waals surface area (Å²) < 4.78 is 0. The van der Waals surface area contributed by atoms with Crippen LogP contribution in [-0.2, 0) is 10.3 Å². The van der Waals surface area contributed by atoms with Gasteiger partial charge in [-0.3, -0.25) is 4.79 Å². The topological polar surface area (TPSA) is 75.4 Å². The van der Waals surface area contributed by atoms with Gasteiger partial charge in [0.25, 0.3) is 0 Å². The van der Waals surface area contributed by atoms with Crippen molar-refractivity contribution in [3.05, 3.63) is 35.9 Å². The van der Waals surface area contributed by atoms with E-state index in [2.05, 4.69) is 5.32 Å². The van der Waals surface area contributed by atoms with Crippen LogP contribution in [0.1, 0.15) is 38.7 Å². The Hall–Kier alpha value is -1.39. The molecule has 0 spiro atoms. The molecule has 0 heterocycles. The summed E-state index contributed by atoms with van der Waals surface area (Å²) in [5.41, 5.74) is 5.82. The summed E-state index contributed by atoms with van der Waals surface area (Å²) in [7, 11) is 0. The molecule has 4 heteroatoms. The van der Waals surface area contributed by atoms with Gasteiger partial charge >= 0.3 is 0 Å². The van der Waals surface area contributed by atoms with E-state index in [1.54, 1.807) is 0 Å². The zero-order valence-electron chi connectivity index (χ0n) is 11.7. The number of benzene rings is 1. The molecule has 1 rings (SSSR count). The third kappa shape index (κ3) is 5.01. The van der Waals surface area contributed by atoms with E-state index in [0.717, 1.165) is 18.4 Å². The van der Waals surface area contributed by atoms with E-state index in [1.165, 1.54) is 0 Å². The zero-order valence-corrected chi connectivity index (χ0v) is 11.7. The molecule has 1 aromatic carbocycles. The second-order valence-electron chi connectivity index (χ2n) is 5.27. The Bertz CT molecular complexity index is 392. The molecule has 0 fully saturated rings. The van der Waals surface area contributed by atoms with Crippen LogP contribution in [-0.4, -0.2) is 23.7 Å². The van der Waals surface area contributed by atoms with Gasteiger partial charge in [-0.05, 0) is 32.3 Å². The standard InChI is InChI=1S/C15H24N2O2/c1-12(16)7-6-10-14(19)17-15(2,11-18)13-8-4-3-5-9-13/h3-5,8-9,12,18H,6-7,10-11,16H2,1-2H3,(H,17,19). The van der Waals surface area contributed by atoms with Gasteiger partial charge in [0.05, 0.1) is 12.1 Å². The predicted octanol–water partition coefficient (Wildman–Crippen LogP) is 1.53. The molecular formula is C15H24N2O2. The van der Waals surface area contributed by atoms with Crippen LogP contribution in [0.4, 0.5) is 0 Å². The molecule has 0 aliphatic heterocycles. The maximum Gasteiger partial charge on any atom is 0.220 e. The van der Waals surface area contributed by atoms with Crippen LogP contribution < -0.4 is 11.1 Å². The summed E-state index contributed by atoms with van der Waals surface area (Å²) in [6.07, 6.45) is 2.03. The molecule has 4 nitrogen and oxygen atoms in total. The maximum absolute atomic E-state index is 11.9. The fourth-order valence-electron chi connectivity index (χ4n) is 1.96. The van der Waals surface area contributed by atoms with Gasteiger partial charge < -0.3 is 16.2 Å². The Morgan fingerprint density at radius 3 is 2.58 bits per heavy atom. The van der Waals surface area contributed by atoms with Gasteiger partial charge in [0.1, 0.15) is 0 Å². The minimum absolute atomic E-state index is 0.0546. The van der Waals surface area contributed by atoms with E-state index < -0.39 is 5.54 Å². The van der Waals surface area contributed by atoms with E-state index in [4.69, 9.17) is 5.73 Å². The minimum Gasteiger partial charge on any atom is -0.394 e. The molecule has 0 aliphatic rings. The molecule has 4 N–H and O–H groups in total. The SMILES string of the molecule is CC(N)CCCC(=O)NC(C)(CO)c1ccccc1. The summed E-state index contributed by atoms with van der Waals surface area (Å²) in [6, 6.07) is 9.62. The van der Waals surface area contributed by atoms with Gasteiger partial charge in [0, 0.05) is 12.5 Å². The lowest BCUT2D eigenvalue weighted by Crippen LogP contribution is -2.46. The minimum atomic E-state index is -0.729. The summed E-state index contributed by atoms with van der Waals surface area (Å²) in [6.45, 7) is 3.63. The number of rotatable bonds is 7. The van der Waals surface area contributed by atoms with Gasteiger partial charge in [0.15, 0.2) is 0 Å². The molecular weight excluding hydrogens is 240 g/mol. The molecule has 106 valence electrons. The molecule has 1 aromatic rings. The first-order valence-corrected chi connectivity index (χ1v) is 6.71. The second kappa shape index (κ2) is 7.26. The van der Waals surface area contributed by atoms with Crippen LogP contribution in [0, 0.1) is 0 Å². The van der Waals surface area contributed by atoms with Crippen molar-refractivity contribution in [2.24, 2.45) is 5.73 Å². The summed E-state index contributed by atoms with van der Waals surface area (Å²) in [5.74, 6) is -0.0546. The van der Waals surface area contributed by atoms with Crippen molar-refractivity contribution in [2.45, 2.75) is 44.7 Å². The normalized spacial score (nSPS) is 15.6. The summed E-state index contributed by atoms with van der Waals surface area (Å²) >= 11 is 0. The van der Waals surface area contributed by atoms with Gasteiger partial charge in [-0.25, -0.2) is 0 Å². The quantitative estimate of drug-likeness (QED) is 0.699. The molecule has 0 saturated heterocycles. The molecule has 2 atom stereocenters. The predicted molar refractivity (Wildman–Crippen MR) is 76.5 cm³/mol. The van der Waals surface area contributed by atoms with Crippen LogP contribution in [0.25, 0.3) is 0 Å². The van der Waals surface area contributed by atoms with Crippen LogP contribution in [0.3, 0.4) is 0 Å². The highest BCUT2D eigenvalue weighted by Gasteiger charge is 2.27. The number of nitrogens with two attached hydrogens (primary N) is 1. The fourth-order valence-corrected chi connectivity index (χ4v) is 1.96. The molecule has 0 aliphatic carbocycles. The fraction of sp³-hybridized carbons (Fsp3) is 0.533. The number of carbonyl (C=O) groups excluding carboxylic acids is 1. The van der Waals surface area contributed by atoms with Crippen LogP contribution in [0.5, 0.6) is 0 Å². The zero-order chi connectivity index (χ0) is 14.3. The highest BCUT2D eigenvalue weighted by molar-refractivity contribution is 5.77. The Morgan fingerprint density at radius 2 is 2.05 bits per heavy atom. The first-order valence-electron chi connectivity index (χ1n) is 6.71. The number of carbonyl (C=O) groups is 1. The van der Waals surface area contributed by atoms with Crippen molar-refractivity contribution in [3.8, 4) is 0 Å². The number of hydrogen-bond acceptors (Lipinski definition) is 3. The Labute approximate surface area is 115 Å². The molecule has 0 radical (unpaired) electrons. The lowest BCUT2D eigenvalue weighted by Gasteiger charge is -2.29. The van der Waals surface area contributed by atoms with Crippen molar-refractivity contribution in [1.82, 2.24) is 5.32 Å². The first kappa shape index (κ1) is 15.7. The molecule has 1 amide bonds. The lowest BCUT2D eigenvalue weighted by molar-refractivity contribution is -0.123. The van der Waals surface area contributed by atoms with Gasteiger partial charge in [-0.1, -0.05) is 30.3 Å². The van der Waals surface area contributed by atoms with Crippen molar-refractivity contribution in [1.29, 1.82) is 0 Å². The molecule has 0 saturated carbocycles. The maximum atomic E-state index is 11.9. The number of aliphatic hydroxyl groups excluding tert-OH is 1. The molecule has 0 bridgehead atoms. The van der Waals surface area contributed by atoms with Gasteiger partial charge in [0.2, 0.25) is 5.91 Å². The average Bonchev–Trinajstić information content (AvgIpc) is 2.39. The first-order chi connectivity index (χ1) is 8.98. The van der Waals surface area contributed by atoms with E-state index in [9.17, 15) is 9.90 Å². The third-order valence-electron chi connectivity index (χ3n) is 3.21. The van der Waals surface area contributed by atoms with E-state index in [0.29, 0.717) is 6.42 Å². The van der Waals surface area contributed by atoms with Crippen molar-refractivity contribution in [3.63, 3.8) is 0 Å². The van der Waals surface area contributed by atoms with Gasteiger partial charge in [-0.15, -0.1) is 0 Å². The highest BCUT2D eigenvalue weighted by Crippen LogP contribution is 2.20. The van der Waals surface area contributed by atoms with E-state index in [1.807, 2.05) is 44.2 Å². The third-order valence-corrected chi connectivity index (χ3v) is 3.21. The smallest absolute Gasteiger partial charge is 0.220 e. The van der Waals surface area contributed by atoms with E-state index >= 15 is 0 Å². The summed E-state index contributed by atoms with van der Waals surface area (Å²) in [4.78, 5) is 11.9. The van der Waals surface area contributed by atoms with Crippen molar-refractivity contribution < 1.29 is 9.90 Å².